The van der Waals surface area contributed by atoms with E-state index < -0.39 is 122 Å². The number of nitrogen functional groups attached to an aromatic ring is 1. The number of unbranched alkanes of at least 4 members (excludes halogenated alkanes) is 3. The molecule has 5 atom stereocenters. The highest BCUT2D eigenvalue weighted by molar-refractivity contribution is 7.86. The highest BCUT2D eigenvalue weighted by Crippen LogP contribution is 2.58. The number of nitrogens with two attached hydrogens (primary N) is 2. The lowest BCUT2D eigenvalue weighted by Gasteiger charge is -2.19. The first-order valence-corrected chi connectivity index (χ1v) is 30.7. The van der Waals surface area contributed by atoms with Crippen LogP contribution in [-0.4, -0.2) is 124 Å². The molecular weight excluding hydrogens is 1190 g/mol. The molecule has 4 heterocycles. The molecule has 2 aromatic heterocycles. The molecule has 14 N–H and O–H groups in total. The van der Waals surface area contributed by atoms with Crippen LogP contribution in [0.4, 0.5) is 11.5 Å². The zero-order valence-electron chi connectivity index (χ0n) is 43.4. The normalized spacial score (nSPS) is 17.2. The van der Waals surface area contributed by atoms with E-state index in [1.165, 1.54) is 36.5 Å². The zero-order chi connectivity index (χ0) is 60.9. The molecule has 3 aliphatic rings. The predicted molar refractivity (Wildman–Crippen MR) is 289 cm³/mol. The smallest absolute Gasteiger partial charge is 0.478 e. The number of hydrogen-bond acceptors (Lipinski definition) is 21. The molecule has 35 heteroatoms. The van der Waals surface area contributed by atoms with E-state index in [1.807, 2.05) is 12.3 Å². The van der Waals surface area contributed by atoms with Crippen LogP contribution in [0.1, 0.15) is 75.9 Å². The number of carbonyl (C=O) groups excluding carboxylic acids is 1. The van der Waals surface area contributed by atoms with E-state index in [4.69, 9.17) is 34.9 Å². The molecule has 1 fully saturated rings. The molecule has 84 heavy (non-hydrogen) atoms. The van der Waals surface area contributed by atoms with E-state index in [1.54, 1.807) is 22.9 Å². The van der Waals surface area contributed by atoms with Crippen LogP contribution < -0.4 is 33.0 Å². The molecule has 1 aliphatic carbocycles. The Balaban J connectivity index is 0.771. The van der Waals surface area contributed by atoms with Crippen molar-refractivity contribution in [1.29, 1.82) is 0 Å². The fraction of sp³-hybridized carbons (Fsp3) is 0.286. The van der Waals surface area contributed by atoms with E-state index in [-0.39, 0.29) is 46.6 Å². The number of hydrogen-bond donors (Lipinski definition) is 12. The van der Waals surface area contributed by atoms with E-state index in [0.29, 0.717) is 31.4 Å². The molecule has 5 aromatic rings. The molecule has 0 saturated carbocycles. The Morgan fingerprint density at radius 1 is 0.905 bits per heavy atom. The van der Waals surface area contributed by atoms with Gasteiger partial charge in [-0.3, -0.25) is 37.9 Å². The lowest BCUT2D eigenvalue weighted by molar-refractivity contribution is -0.176. The van der Waals surface area contributed by atoms with Crippen LogP contribution in [0.25, 0.3) is 33.4 Å². The van der Waals surface area contributed by atoms with Crippen molar-refractivity contribution in [2.75, 3.05) is 24.4 Å². The average Bonchev–Trinajstić information content (AvgIpc) is 1.66. The van der Waals surface area contributed by atoms with Crippen LogP contribution in [0.2, 0.25) is 0 Å². The largest absolute Gasteiger partial charge is 0.481 e. The molecule has 3 aromatic carbocycles. The summed E-state index contributed by atoms with van der Waals surface area (Å²) in [7, 11) is -21.0. The number of carboxylic acids is 1. The number of carboxylic acid groups (broad SMARTS) is 1. The third-order valence-corrected chi connectivity index (χ3v) is 16.7. The Morgan fingerprint density at radius 3 is 2.36 bits per heavy atom. The number of aryl methyl sites for hydroxylation is 2. The summed E-state index contributed by atoms with van der Waals surface area (Å²) in [6, 6.07) is 16.9. The van der Waals surface area contributed by atoms with Gasteiger partial charge in [0.1, 0.15) is 18.3 Å². The molecule has 0 bridgehead atoms. The van der Waals surface area contributed by atoms with Crippen molar-refractivity contribution >= 4 is 70.2 Å². The van der Waals surface area contributed by atoms with Gasteiger partial charge in [0.2, 0.25) is 10.3 Å². The molecule has 446 valence electrons. The number of nitrogens with one attached hydrogen (secondary N) is 2. The number of phosphoric ester groups is 1. The Kier molecular flexibility index (Phi) is 19.1. The van der Waals surface area contributed by atoms with Crippen LogP contribution in [0.15, 0.2) is 104 Å². The number of fused-ring (bicyclic) bond motifs is 2. The summed E-state index contributed by atoms with van der Waals surface area (Å²) in [5, 5.41) is 47.7. The summed E-state index contributed by atoms with van der Waals surface area (Å²) < 4.78 is 115. The summed E-state index contributed by atoms with van der Waals surface area (Å²) >= 11 is 0. The number of anilines is 2. The predicted octanol–water partition coefficient (Wildman–Crippen LogP) is 1.15. The SMILES string of the molecule is Nc1ccc2c(-c3ccc(C(=O)NCCCCCCn4cc(CCC#Cc5cccc(CONc6ccn([C@@H]7O[C@H](COP(=O)(O)OP(=O)(O)O)[C@@H](O)[C@H]7O)c(=O)n6)c5)nn4)cc3C(=O)O)c3ccc(=[NH2+])c(S(=O)(=O)O)c-3oc2c1S(=O)(=O)O. The minimum absolute atomic E-state index is 0.0248. The van der Waals surface area contributed by atoms with Crippen LogP contribution in [0, 0.1) is 11.8 Å². The van der Waals surface area contributed by atoms with Crippen LogP contribution in [-0.2, 0) is 67.3 Å². The van der Waals surface area contributed by atoms with Crippen molar-refractivity contribution in [3.63, 3.8) is 0 Å². The van der Waals surface area contributed by atoms with Gasteiger partial charge in [0.05, 0.1) is 30.2 Å². The van der Waals surface area contributed by atoms with Gasteiger partial charge >= 0.3 is 37.4 Å². The Bertz CT molecular complexity index is 4160. The van der Waals surface area contributed by atoms with E-state index in [0.717, 1.165) is 53.3 Å². The van der Waals surface area contributed by atoms with Gasteiger partial charge in [0, 0.05) is 72.0 Å². The number of carbonyl (C=O) groups is 2. The van der Waals surface area contributed by atoms with Crippen LogP contribution >= 0.6 is 15.6 Å². The van der Waals surface area contributed by atoms with E-state index in [9.17, 15) is 69.7 Å². The van der Waals surface area contributed by atoms with Crippen molar-refractivity contribution < 1.29 is 103 Å². The molecule has 8 rings (SSSR count). The zero-order valence-corrected chi connectivity index (χ0v) is 46.8. The monoisotopic (exact) mass is 1240 g/mol. The van der Waals surface area contributed by atoms with Crippen molar-refractivity contribution in [2.45, 2.75) is 86.0 Å². The number of ether oxygens (including phenoxy) is 1. The maximum atomic E-state index is 13.3. The second-order valence-electron chi connectivity index (χ2n) is 18.6. The van der Waals surface area contributed by atoms with Gasteiger partial charge in [0.15, 0.2) is 28.3 Å². The first kappa shape index (κ1) is 62.4. The number of phosphoric acid groups is 2. The van der Waals surface area contributed by atoms with Gasteiger partial charge in [0.25, 0.3) is 16.0 Å². The molecule has 1 saturated heterocycles. The maximum Gasteiger partial charge on any atom is 0.481 e. The number of nitrogens with zero attached hydrogens (tertiary/aromatic N) is 5. The quantitative estimate of drug-likeness (QED) is 0.00768. The summed E-state index contributed by atoms with van der Waals surface area (Å²) in [6.45, 7) is -0.100. The number of rotatable bonds is 24. The number of benzene rings is 4. The van der Waals surface area contributed by atoms with Gasteiger partial charge in [-0.2, -0.15) is 26.1 Å². The maximum absolute atomic E-state index is 13.3. The van der Waals surface area contributed by atoms with Gasteiger partial charge in [-0.1, -0.05) is 48.1 Å². The first-order valence-electron chi connectivity index (χ1n) is 24.8. The minimum atomic E-state index is -5.42. The van der Waals surface area contributed by atoms with Crippen molar-refractivity contribution in [3.8, 4) is 34.3 Å². The second-order valence-corrected chi connectivity index (χ2v) is 24.2. The molecule has 0 spiro atoms. The summed E-state index contributed by atoms with van der Waals surface area (Å²) in [4.78, 5) is 73.3. The standard InChI is InChI=1S/C49H51N9O22P2S2/c50-35-16-14-32-39(33-15-17-36(51)45(84(73,74)75)43(33)79-42(32)44(35)83(70,71)72)31-13-12-29(23-34(31)48(62)63)46(61)52-19-5-1-2-6-20-57-24-30(54-56-57)11-4-3-8-27-9-7-10-28(22-27)25-76-55-38-18-21-58(49(64)53-38)47-41(60)40(59)37(78-47)26-77-82(68,69)80-81(65,66)67/h7,9-10,12-18,21-24,37,40-41,47,50,59-60H,1-2,4-6,11,19-20,25-26,51H2,(H,52,61)(H,62,63)(H,68,69)(H,53,55,64)(H2,65,66,67)(H,70,71,72)(H,73,74,75)/p+1/t37-,40-,41-,47-/m1/s1. The highest BCUT2D eigenvalue weighted by atomic mass is 32.2. The molecule has 0 radical (unpaired) electrons. The van der Waals surface area contributed by atoms with Gasteiger partial charge in [-0.05, 0) is 72.5 Å². The number of aliphatic hydroxyl groups excluding tert-OH is 2. The third-order valence-electron chi connectivity index (χ3n) is 12.6. The lowest BCUT2D eigenvalue weighted by Crippen LogP contribution is -2.47. The number of amides is 1. The second kappa shape index (κ2) is 25.7. The third kappa shape index (κ3) is 15.2. The van der Waals surface area contributed by atoms with Gasteiger partial charge in [-0.15, -0.1) is 5.10 Å². The van der Waals surface area contributed by atoms with E-state index >= 15 is 0 Å². The fourth-order valence-corrected chi connectivity index (χ4v) is 12.0. The van der Waals surface area contributed by atoms with Crippen molar-refractivity contribution in [2.24, 2.45) is 0 Å². The lowest BCUT2D eigenvalue weighted by atomic mass is 9.89. The topological polar surface area (TPSA) is 490 Å². The Hall–Kier alpha value is -7.61. The first-order chi connectivity index (χ1) is 39.6. The molecule has 1 amide bonds. The molecule has 31 nitrogen and oxygen atoms in total. The van der Waals surface area contributed by atoms with Crippen LogP contribution in [0.5, 0.6) is 0 Å². The number of aromatic nitrogens is 5. The Morgan fingerprint density at radius 2 is 1.64 bits per heavy atom. The van der Waals surface area contributed by atoms with Gasteiger partial charge in [-0.25, -0.2) is 24.2 Å². The highest BCUT2D eigenvalue weighted by Gasteiger charge is 2.46. The van der Waals surface area contributed by atoms with E-state index in [2.05, 4.69) is 46.8 Å². The van der Waals surface area contributed by atoms with Crippen molar-refractivity contribution in [3.05, 3.63) is 129 Å². The molecule has 1 unspecified atom stereocenters. The van der Waals surface area contributed by atoms with Crippen molar-refractivity contribution in [1.82, 2.24) is 29.9 Å². The van der Waals surface area contributed by atoms with Gasteiger partial charge < -0.3 is 50.2 Å². The molecular formula is C49H52N9O22P2S2+. The summed E-state index contributed by atoms with van der Waals surface area (Å²) in [6.07, 6.45) is 0.300. The fourth-order valence-electron chi connectivity index (χ4n) is 8.89. The number of aromatic carboxylic acids is 1. The summed E-state index contributed by atoms with van der Waals surface area (Å²) in [5.74, 6) is 3.39. The number of aliphatic hydroxyl groups is 2. The molecule has 2 aliphatic heterocycles. The average molecular weight is 1250 g/mol. The van der Waals surface area contributed by atoms with Crippen LogP contribution in [0.3, 0.4) is 0 Å². The minimum Gasteiger partial charge on any atom is -0.478 e. The summed E-state index contributed by atoms with van der Waals surface area (Å²) in [5.41, 5.74) is 7.61. The Labute approximate surface area is 474 Å².